The van der Waals surface area contributed by atoms with Crippen molar-refractivity contribution in [3.05, 3.63) is 0 Å². The summed E-state index contributed by atoms with van der Waals surface area (Å²) in [5.74, 6) is -0.191. The fourth-order valence-corrected chi connectivity index (χ4v) is 1.92. The van der Waals surface area contributed by atoms with E-state index < -0.39 is 5.54 Å². The SMILES string of the molecule is CCCNC(C)(CCN(CC)CCOC)C(=O)OC. The topological polar surface area (TPSA) is 50.8 Å². The fraction of sp³-hybridized carbons (Fsp3) is 0.929. The minimum absolute atomic E-state index is 0.191. The molecule has 0 amide bonds. The van der Waals surface area contributed by atoms with E-state index in [-0.39, 0.29) is 5.97 Å². The third-order valence-electron chi connectivity index (χ3n) is 3.39. The van der Waals surface area contributed by atoms with Crippen LogP contribution in [0.1, 0.15) is 33.6 Å². The molecule has 0 aliphatic heterocycles. The van der Waals surface area contributed by atoms with E-state index in [1.807, 2.05) is 6.92 Å². The fourth-order valence-electron chi connectivity index (χ4n) is 1.92. The molecule has 0 aromatic heterocycles. The molecule has 0 aliphatic carbocycles. The Morgan fingerprint density at radius 3 is 2.42 bits per heavy atom. The summed E-state index contributed by atoms with van der Waals surface area (Å²) >= 11 is 0. The Labute approximate surface area is 117 Å². The second kappa shape index (κ2) is 10.2. The average molecular weight is 274 g/mol. The van der Waals surface area contributed by atoms with Crippen molar-refractivity contribution in [2.75, 3.05) is 47.0 Å². The second-order valence-electron chi connectivity index (χ2n) is 4.93. The van der Waals surface area contributed by atoms with Crippen molar-refractivity contribution < 1.29 is 14.3 Å². The van der Waals surface area contributed by atoms with Crippen molar-refractivity contribution in [1.29, 1.82) is 0 Å². The first-order valence-corrected chi connectivity index (χ1v) is 7.08. The molecule has 0 spiro atoms. The summed E-state index contributed by atoms with van der Waals surface area (Å²) < 4.78 is 10.0. The Hall–Kier alpha value is -0.650. The maximum absolute atomic E-state index is 11.9. The van der Waals surface area contributed by atoms with Crippen molar-refractivity contribution in [3.63, 3.8) is 0 Å². The molecule has 1 atom stereocenters. The van der Waals surface area contributed by atoms with Gasteiger partial charge in [0.1, 0.15) is 5.54 Å². The Bertz CT molecular complexity index is 249. The normalized spacial score (nSPS) is 14.4. The van der Waals surface area contributed by atoms with Gasteiger partial charge in [-0.05, 0) is 32.9 Å². The Morgan fingerprint density at radius 2 is 1.95 bits per heavy atom. The molecule has 19 heavy (non-hydrogen) atoms. The summed E-state index contributed by atoms with van der Waals surface area (Å²) in [4.78, 5) is 14.2. The lowest BCUT2D eigenvalue weighted by molar-refractivity contribution is -0.148. The van der Waals surface area contributed by atoms with E-state index in [9.17, 15) is 4.79 Å². The molecule has 0 aromatic carbocycles. The number of nitrogens with zero attached hydrogens (tertiary/aromatic N) is 1. The highest BCUT2D eigenvalue weighted by Crippen LogP contribution is 2.13. The number of likely N-dealkylation sites (N-methyl/N-ethyl adjacent to an activating group) is 1. The number of hydrogen-bond donors (Lipinski definition) is 1. The smallest absolute Gasteiger partial charge is 0.325 e. The molecule has 1 N–H and O–H groups in total. The van der Waals surface area contributed by atoms with Gasteiger partial charge in [0.05, 0.1) is 13.7 Å². The number of nitrogens with one attached hydrogen (secondary N) is 1. The summed E-state index contributed by atoms with van der Waals surface area (Å²) in [6.45, 7) is 10.3. The number of methoxy groups -OCH3 is 2. The predicted molar refractivity (Wildman–Crippen MR) is 77.3 cm³/mol. The molecular weight excluding hydrogens is 244 g/mol. The molecule has 1 unspecified atom stereocenters. The van der Waals surface area contributed by atoms with Crippen molar-refractivity contribution in [2.45, 2.75) is 39.2 Å². The van der Waals surface area contributed by atoms with Crippen molar-refractivity contribution in [2.24, 2.45) is 0 Å². The van der Waals surface area contributed by atoms with E-state index in [2.05, 4.69) is 24.1 Å². The van der Waals surface area contributed by atoms with Gasteiger partial charge in [0, 0.05) is 20.2 Å². The Morgan fingerprint density at radius 1 is 1.26 bits per heavy atom. The zero-order valence-corrected chi connectivity index (χ0v) is 13.1. The highest BCUT2D eigenvalue weighted by Gasteiger charge is 2.33. The lowest BCUT2D eigenvalue weighted by Gasteiger charge is -2.30. The number of hydrogen-bond acceptors (Lipinski definition) is 5. The van der Waals surface area contributed by atoms with E-state index in [0.717, 1.165) is 39.0 Å². The van der Waals surface area contributed by atoms with Crippen LogP contribution >= 0.6 is 0 Å². The van der Waals surface area contributed by atoms with Crippen LogP contribution in [0.15, 0.2) is 0 Å². The third-order valence-corrected chi connectivity index (χ3v) is 3.39. The van der Waals surface area contributed by atoms with Gasteiger partial charge in [-0.25, -0.2) is 0 Å². The maximum atomic E-state index is 11.9. The van der Waals surface area contributed by atoms with Gasteiger partial charge in [0.25, 0.3) is 0 Å². The lowest BCUT2D eigenvalue weighted by atomic mass is 9.97. The van der Waals surface area contributed by atoms with Gasteiger partial charge in [-0.1, -0.05) is 13.8 Å². The van der Waals surface area contributed by atoms with Crippen LogP contribution in [0.2, 0.25) is 0 Å². The number of rotatable bonds is 11. The van der Waals surface area contributed by atoms with Crippen LogP contribution in [0.25, 0.3) is 0 Å². The molecule has 0 saturated carbocycles. The van der Waals surface area contributed by atoms with Gasteiger partial charge in [0.2, 0.25) is 0 Å². The van der Waals surface area contributed by atoms with Crippen LogP contribution in [0.4, 0.5) is 0 Å². The molecule has 0 fully saturated rings. The zero-order valence-electron chi connectivity index (χ0n) is 13.1. The molecule has 5 heteroatoms. The summed E-state index contributed by atoms with van der Waals surface area (Å²) in [5.41, 5.74) is -0.606. The number of ether oxygens (including phenoxy) is 2. The third kappa shape index (κ3) is 6.89. The van der Waals surface area contributed by atoms with Crippen LogP contribution < -0.4 is 5.32 Å². The van der Waals surface area contributed by atoms with Gasteiger partial charge in [-0.2, -0.15) is 0 Å². The Kier molecular flexibility index (Phi) is 9.83. The molecule has 5 nitrogen and oxygen atoms in total. The van der Waals surface area contributed by atoms with Gasteiger partial charge in [-0.3, -0.25) is 4.79 Å². The summed E-state index contributed by atoms with van der Waals surface area (Å²) in [6.07, 6.45) is 1.73. The highest BCUT2D eigenvalue weighted by molar-refractivity contribution is 5.80. The standard InChI is InChI=1S/C14H30N2O3/c1-6-9-15-14(3,13(17)19-5)8-10-16(7-2)11-12-18-4/h15H,6-12H2,1-5H3. The molecule has 0 heterocycles. The van der Waals surface area contributed by atoms with Gasteiger partial charge < -0.3 is 19.7 Å². The highest BCUT2D eigenvalue weighted by atomic mass is 16.5. The van der Waals surface area contributed by atoms with E-state index in [4.69, 9.17) is 9.47 Å². The molecule has 0 aliphatic rings. The first kappa shape index (κ1) is 18.4. The quantitative estimate of drug-likeness (QED) is 0.575. The predicted octanol–water partition coefficient (Wildman–Crippen LogP) is 1.28. The van der Waals surface area contributed by atoms with E-state index >= 15 is 0 Å². The average Bonchev–Trinajstić information content (AvgIpc) is 2.44. The van der Waals surface area contributed by atoms with Gasteiger partial charge >= 0.3 is 5.97 Å². The van der Waals surface area contributed by atoms with Gasteiger partial charge in [0.15, 0.2) is 0 Å². The molecule has 0 bridgehead atoms. The minimum Gasteiger partial charge on any atom is -0.468 e. The number of carbonyl (C=O) groups excluding carboxylic acids is 1. The molecule has 0 radical (unpaired) electrons. The lowest BCUT2D eigenvalue weighted by Crippen LogP contribution is -2.52. The van der Waals surface area contributed by atoms with Crippen molar-refractivity contribution >= 4 is 5.97 Å². The largest absolute Gasteiger partial charge is 0.468 e. The van der Waals surface area contributed by atoms with Crippen LogP contribution in [-0.4, -0.2) is 63.4 Å². The van der Waals surface area contributed by atoms with E-state index in [1.54, 1.807) is 7.11 Å². The van der Waals surface area contributed by atoms with Gasteiger partial charge in [-0.15, -0.1) is 0 Å². The van der Waals surface area contributed by atoms with Crippen molar-refractivity contribution in [3.8, 4) is 0 Å². The van der Waals surface area contributed by atoms with E-state index in [0.29, 0.717) is 6.61 Å². The maximum Gasteiger partial charge on any atom is 0.325 e. The molecule has 0 saturated heterocycles. The van der Waals surface area contributed by atoms with Crippen LogP contribution in [0.5, 0.6) is 0 Å². The molecule has 0 rings (SSSR count). The van der Waals surface area contributed by atoms with Crippen LogP contribution in [0, 0.1) is 0 Å². The monoisotopic (exact) mass is 274 g/mol. The summed E-state index contributed by atoms with van der Waals surface area (Å²) in [7, 11) is 3.14. The molecule has 0 aromatic rings. The van der Waals surface area contributed by atoms with Crippen LogP contribution in [0.3, 0.4) is 0 Å². The number of carbonyl (C=O) groups is 1. The van der Waals surface area contributed by atoms with E-state index in [1.165, 1.54) is 7.11 Å². The minimum atomic E-state index is -0.606. The number of esters is 1. The first-order valence-electron chi connectivity index (χ1n) is 7.08. The Balaban J connectivity index is 4.41. The first-order chi connectivity index (χ1) is 9.03. The molecule has 114 valence electrons. The summed E-state index contributed by atoms with van der Waals surface area (Å²) in [5, 5.41) is 3.30. The molecular formula is C14H30N2O3. The van der Waals surface area contributed by atoms with Crippen LogP contribution in [-0.2, 0) is 14.3 Å². The second-order valence-corrected chi connectivity index (χ2v) is 4.93. The van der Waals surface area contributed by atoms with Crippen molar-refractivity contribution in [1.82, 2.24) is 10.2 Å². The zero-order chi connectivity index (χ0) is 14.7. The summed E-state index contributed by atoms with van der Waals surface area (Å²) in [6, 6.07) is 0.